The van der Waals surface area contributed by atoms with Gasteiger partial charge in [0, 0.05) is 45.1 Å². The Labute approximate surface area is 185 Å². The molecule has 0 radical (unpaired) electrons. The maximum Gasteiger partial charge on any atom is 0.337 e. The molecule has 2 aromatic rings. The Morgan fingerprint density at radius 1 is 1.23 bits per heavy atom. The van der Waals surface area contributed by atoms with Gasteiger partial charge in [0.1, 0.15) is 0 Å². The SMILES string of the molecule is CC1=C(C(=O)OC(C)C)[C@H](c2cccc(Cl)c2)C2=C(C[C@H](c3cccs3)CC2=O)N1. The molecule has 0 spiro atoms. The summed E-state index contributed by atoms with van der Waals surface area (Å²) in [6, 6.07) is 11.5. The fraction of sp³-hybridized carbons (Fsp3) is 0.333. The zero-order valence-corrected chi connectivity index (χ0v) is 18.8. The molecule has 1 aromatic heterocycles. The Hall–Kier alpha value is -2.37. The minimum absolute atomic E-state index is 0.0643. The summed E-state index contributed by atoms with van der Waals surface area (Å²) in [4.78, 5) is 27.6. The molecule has 0 amide bonds. The van der Waals surface area contributed by atoms with E-state index >= 15 is 0 Å². The fourth-order valence-corrected chi connectivity index (χ4v) is 5.36. The zero-order chi connectivity index (χ0) is 21.4. The van der Waals surface area contributed by atoms with E-state index in [-0.39, 0.29) is 17.8 Å². The van der Waals surface area contributed by atoms with Crippen LogP contribution in [-0.2, 0) is 14.3 Å². The lowest BCUT2D eigenvalue weighted by Crippen LogP contribution is -2.36. The summed E-state index contributed by atoms with van der Waals surface area (Å²) in [6.07, 6.45) is 0.921. The van der Waals surface area contributed by atoms with E-state index in [4.69, 9.17) is 16.3 Å². The third-order valence-electron chi connectivity index (χ3n) is 5.52. The first-order chi connectivity index (χ1) is 14.3. The fourth-order valence-electron chi connectivity index (χ4n) is 4.33. The van der Waals surface area contributed by atoms with E-state index < -0.39 is 11.9 Å². The molecule has 2 heterocycles. The second-order valence-electron chi connectivity index (χ2n) is 8.04. The second kappa shape index (κ2) is 8.40. The van der Waals surface area contributed by atoms with Crippen molar-refractivity contribution in [3.05, 3.63) is 79.8 Å². The summed E-state index contributed by atoms with van der Waals surface area (Å²) >= 11 is 7.94. The van der Waals surface area contributed by atoms with Gasteiger partial charge in [-0.05, 0) is 56.3 Å². The quantitative estimate of drug-likeness (QED) is 0.617. The number of rotatable bonds is 4. The Bertz CT molecular complexity index is 1050. The van der Waals surface area contributed by atoms with E-state index in [1.54, 1.807) is 17.4 Å². The van der Waals surface area contributed by atoms with Crippen molar-refractivity contribution < 1.29 is 14.3 Å². The highest BCUT2D eigenvalue weighted by molar-refractivity contribution is 7.10. The first-order valence-corrected chi connectivity index (χ1v) is 11.3. The van der Waals surface area contributed by atoms with E-state index in [0.717, 1.165) is 23.4 Å². The van der Waals surface area contributed by atoms with Crippen LogP contribution in [0.15, 0.2) is 64.3 Å². The highest BCUT2D eigenvalue weighted by atomic mass is 35.5. The molecule has 30 heavy (non-hydrogen) atoms. The number of esters is 1. The van der Waals surface area contributed by atoms with Gasteiger partial charge in [0.25, 0.3) is 0 Å². The number of dihydropyridines is 1. The van der Waals surface area contributed by atoms with Crippen LogP contribution < -0.4 is 5.32 Å². The van der Waals surface area contributed by atoms with Gasteiger partial charge in [-0.1, -0.05) is 29.8 Å². The van der Waals surface area contributed by atoms with Crippen molar-refractivity contribution in [1.82, 2.24) is 5.32 Å². The molecule has 1 aromatic carbocycles. The lowest BCUT2D eigenvalue weighted by molar-refractivity contribution is -0.143. The minimum Gasteiger partial charge on any atom is -0.460 e. The number of carbonyl (C=O) groups is 2. The molecular weight excluding hydrogens is 418 g/mol. The lowest BCUT2D eigenvalue weighted by atomic mass is 9.72. The molecule has 1 N–H and O–H groups in total. The number of allylic oxidation sites excluding steroid dienone is 3. The summed E-state index contributed by atoms with van der Waals surface area (Å²) in [5.41, 5.74) is 3.59. The number of thiophene rings is 1. The third kappa shape index (κ3) is 3.96. The molecule has 4 rings (SSSR count). The van der Waals surface area contributed by atoms with Crippen LogP contribution in [0, 0.1) is 0 Å². The summed E-state index contributed by atoms with van der Waals surface area (Å²) < 4.78 is 5.54. The van der Waals surface area contributed by atoms with E-state index in [1.807, 2.05) is 50.4 Å². The Morgan fingerprint density at radius 3 is 2.70 bits per heavy atom. The summed E-state index contributed by atoms with van der Waals surface area (Å²) in [5, 5.41) is 5.98. The molecule has 0 bridgehead atoms. The van der Waals surface area contributed by atoms with Crippen molar-refractivity contribution in [3.63, 3.8) is 0 Å². The largest absolute Gasteiger partial charge is 0.460 e. The van der Waals surface area contributed by atoms with Crippen LogP contribution in [0.25, 0.3) is 0 Å². The monoisotopic (exact) mass is 441 g/mol. The molecule has 2 atom stereocenters. The molecule has 2 aliphatic rings. The molecule has 1 aliphatic heterocycles. The molecular formula is C24H24ClNO3S. The average molecular weight is 442 g/mol. The van der Waals surface area contributed by atoms with Gasteiger partial charge in [-0.2, -0.15) is 0 Å². The lowest BCUT2D eigenvalue weighted by Gasteiger charge is -2.36. The van der Waals surface area contributed by atoms with Gasteiger partial charge in [-0.15, -0.1) is 11.3 Å². The number of halogens is 1. The maximum atomic E-state index is 13.4. The molecule has 156 valence electrons. The number of ether oxygens (including phenoxy) is 1. The normalized spacial score (nSPS) is 21.6. The zero-order valence-electron chi connectivity index (χ0n) is 17.2. The van der Waals surface area contributed by atoms with Gasteiger partial charge < -0.3 is 10.1 Å². The third-order valence-corrected chi connectivity index (χ3v) is 6.79. The molecule has 6 heteroatoms. The number of Topliss-reactive ketones (excluding diaryl/α,β-unsaturated/α-hetero) is 1. The van der Waals surface area contributed by atoms with Crippen LogP contribution in [0.4, 0.5) is 0 Å². The van der Waals surface area contributed by atoms with E-state index in [1.165, 1.54) is 4.88 Å². The molecule has 4 nitrogen and oxygen atoms in total. The van der Waals surface area contributed by atoms with Gasteiger partial charge in [0.2, 0.25) is 0 Å². The second-order valence-corrected chi connectivity index (χ2v) is 9.46. The number of hydrogen-bond donors (Lipinski definition) is 1. The summed E-state index contributed by atoms with van der Waals surface area (Å²) in [7, 11) is 0. The van der Waals surface area contributed by atoms with Gasteiger partial charge in [-0.3, -0.25) is 4.79 Å². The number of carbonyl (C=O) groups excluding carboxylic acids is 2. The number of hydrogen-bond acceptors (Lipinski definition) is 5. The molecule has 0 unspecified atom stereocenters. The average Bonchev–Trinajstić information content (AvgIpc) is 3.21. The van der Waals surface area contributed by atoms with Crippen molar-refractivity contribution >= 4 is 34.7 Å². The van der Waals surface area contributed by atoms with Crippen LogP contribution in [0.1, 0.15) is 55.9 Å². The maximum absolute atomic E-state index is 13.4. The Balaban J connectivity index is 1.81. The summed E-state index contributed by atoms with van der Waals surface area (Å²) in [6.45, 7) is 5.51. The van der Waals surface area contributed by atoms with Crippen LogP contribution in [0.5, 0.6) is 0 Å². The van der Waals surface area contributed by atoms with Crippen molar-refractivity contribution in [2.45, 2.75) is 51.6 Å². The van der Waals surface area contributed by atoms with Gasteiger partial charge >= 0.3 is 5.97 Å². The van der Waals surface area contributed by atoms with Crippen molar-refractivity contribution in [1.29, 1.82) is 0 Å². The van der Waals surface area contributed by atoms with Gasteiger partial charge in [-0.25, -0.2) is 4.79 Å². The van der Waals surface area contributed by atoms with Gasteiger partial charge in [0.15, 0.2) is 5.78 Å². The molecule has 0 saturated carbocycles. The van der Waals surface area contributed by atoms with E-state index in [2.05, 4.69) is 11.4 Å². The van der Waals surface area contributed by atoms with E-state index in [0.29, 0.717) is 22.6 Å². The van der Waals surface area contributed by atoms with Crippen LogP contribution in [0.3, 0.4) is 0 Å². The van der Waals surface area contributed by atoms with Crippen LogP contribution in [-0.4, -0.2) is 17.9 Å². The van der Waals surface area contributed by atoms with Crippen molar-refractivity contribution in [2.24, 2.45) is 0 Å². The smallest absolute Gasteiger partial charge is 0.337 e. The van der Waals surface area contributed by atoms with E-state index in [9.17, 15) is 9.59 Å². The standard InChI is InChI=1S/C24H24ClNO3S/c1-13(2)29-24(28)21-14(3)26-18-11-16(20-8-5-9-30-20)12-19(27)23(18)22(21)15-6-4-7-17(25)10-15/h4-10,13,16,22,26H,11-12H2,1-3H3/t16-,22-/m0/s1. The number of benzene rings is 1. The van der Waals surface area contributed by atoms with Crippen molar-refractivity contribution in [2.75, 3.05) is 0 Å². The highest BCUT2D eigenvalue weighted by Crippen LogP contribution is 2.46. The molecule has 0 saturated heterocycles. The highest BCUT2D eigenvalue weighted by Gasteiger charge is 2.41. The van der Waals surface area contributed by atoms with Crippen LogP contribution in [0.2, 0.25) is 5.02 Å². The van der Waals surface area contributed by atoms with Crippen molar-refractivity contribution in [3.8, 4) is 0 Å². The first kappa shape index (κ1) is 20.9. The number of ketones is 1. The predicted molar refractivity (Wildman–Crippen MR) is 120 cm³/mol. The Morgan fingerprint density at radius 2 is 2.03 bits per heavy atom. The summed E-state index contributed by atoms with van der Waals surface area (Å²) in [5.74, 6) is -0.669. The Kier molecular flexibility index (Phi) is 5.85. The first-order valence-electron chi connectivity index (χ1n) is 10.1. The molecule has 0 fully saturated rings. The van der Waals surface area contributed by atoms with Crippen LogP contribution >= 0.6 is 22.9 Å². The predicted octanol–water partition coefficient (Wildman–Crippen LogP) is 5.71. The minimum atomic E-state index is -0.483. The number of nitrogens with one attached hydrogen (secondary N) is 1. The van der Waals surface area contributed by atoms with Gasteiger partial charge in [0.05, 0.1) is 11.7 Å². The topological polar surface area (TPSA) is 55.4 Å². The molecule has 1 aliphatic carbocycles.